The van der Waals surface area contributed by atoms with Gasteiger partial charge in [0.15, 0.2) is 6.10 Å². The predicted octanol–water partition coefficient (Wildman–Crippen LogP) is 1.90. The van der Waals surface area contributed by atoms with E-state index in [9.17, 15) is 23.3 Å². The number of benzene rings is 1. The molecule has 1 heterocycles. The van der Waals surface area contributed by atoms with E-state index in [1.54, 1.807) is 12.1 Å². The number of fused-ring (bicyclic) bond motifs is 1. The third-order valence-corrected chi connectivity index (χ3v) is 6.69. The summed E-state index contributed by atoms with van der Waals surface area (Å²) in [5, 5.41) is 12.2. The molecular weight excluding hydrogens is 394 g/mol. The molecule has 2 aliphatic rings. The SMILES string of the molecule is C[C@@H](OC(=O)c1ccc2c(c1)CCN2S(C)(=O)=O)C(=O)NC1(C#N)CCCCC1. The van der Waals surface area contributed by atoms with Crippen LogP contribution in [0.5, 0.6) is 0 Å². The number of carbonyl (C=O) groups is 2. The summed E-state index contributed by atoms with van der Waals surface area (Å²) in [7, 11) is -3.36. The number of nitrogens with zero attached hydrogens (tertiary/aromatic N) is 2. The van der Waals surface area contributed by atoms with E-state index in [0.717, 1.165) is 31.1 Å². The van der Waals surface area contributed by atoms with Crippen molar-refractivity contribution in [3.05, 3.63) is 29.3 Å². The Morgan fingerprint density at radius 3 is 2.59 bits per heavy atom. The van der Waals surface area contributed by atoms with Crippen LogP contribution >= 0.6 is 0 Å². The number of carbonyl (C=O) groups excluding carboxylic acids is 2. The first-order valence-corrected chi connectivity index (χ1v) is 11.5. The lowest BCUT2D eigenvalue weighted by Gasteiger charge is -2.32. The van der Waals surface area contributed by atoms with Crippen molar-refractivity contribution in [2.45, 2.75) is 57.1 Å². The number of amides is 1. The molecule has 8 nitrogen and oxygen atoms in total. The molecule has 9 heteroatoms. The summed E-state index contributed by atoms with van der Waals surface area (Å²) in [6, 6.07) is 6.88. The smallest absolute Gasteiger partial charge is 0.338 e. The van der Waals surface area contributed by atoms with Gasteiger partial charge in [0.1, 0.15) is 5.54 Å². The third kappa shape index (κ3) is 4.53. The first kappa shape index (κ1) is 21.1. The first-order chi connectivity index (χ1) is 13.6. The van der Waals surface area contributed by atoms with Crippen LogP contribution in [-0.4, -0.2) is 44.7 Å². The Morgan fingerprint density at radius 1 is 1.28 bits per heavy atom. The molecule has 0 spiro atoms. The van der Waals surface area contributed by atoms with Gasteiger partial charge in [0.05, 0.1) is 23.6 Å². The lowest BCUT2D eigenvalue weighted by Crippen LogP contribution is -2.52. The number of nitrogens with one attached hydrogen (secondary N) is 1. The summed E-state index contributed by atoms with van der Waals surface area (Å²) < 4.78 is 30.2. The normalized spacial score (nSPS) is 19.0. The largest absolute Gasteiger partial charge is 0.449 e. The number of rotatable bonds is 5. The van der Waals surface area contributed by atoms with E-state index in [2.05, 4.69) is 11.4 Å². The van der Waals surface area contributed by atoms with Gasteiger partial charge in [-0.1, -0.05) is 19.3 Å². The second-order valence-corrected chi connectivity index (χ2v) is 9.63. The van der Waals surface area contributed by atoms with Crippen molar-refractivity contribution in [2.24, 2.45) is 0 Å². The fourth-order valence-electron chi connectivity index (χ4n) is 3.88. The van der Waals surface area contributed by atoms with Gasteiger partial charge in [0.2, 0.25) is 10.0 Å². The van der Waals surface area contributed by atoms with Crippen molar-refractivity contribution in [1.82, 2.24) is 5.32 Å². The minimum absolute atomic E-state index is 0.256. The van der Waals surface area contributed by atoms with Gasteiger partial charge in [-0.15, -0.1) is 0 Å². The van der Waals surface area contributed by atoms with Crippen molar-refractivity contribution >= 4 is 27.6 Å². The van der Waals surface area contributed by atoms with Gasteiger partial charge in [0, 0.05) is 6.54 Å². The van der Waals surface area contributed by atoms with Crippen LogP contribution in [-0.2, 0) is 26.0 Å². The van der Waals surface area contributed by atoms with Gasteiger partial charge < -0.3 is 10.1 Å². The summed E-state index contributed by atoms with van der Waals surface area (Å²) in [6.45, 7) is 1.81. The maximum atomic E-state index is 12.5. The molecule has 0 aromatic heterocycles. The molecule has 0 unspecified atom stereocenters. The van der Waals surface area contributed by atoms with Gasteiger partial charge in [0.25, 0.3) is 5.91 Å². The summed E-state index contributed by atoms with van der Waals surface area (Å²) in [4.78, 5) is 25.0. The minimum atomic E-state index is -3.36. The number of nitriles is 1. The van der Waals surface area contributed by atoms with Crippen LogP contribution in [0.25, 0.3) is 0 Å². The number of ether oxygens (including phenoxy) is 1. The van der Waals surface area contributed by atoms with Crippen LogP contribution < -0.4 is 9.62 Å². The average Bonchev–Trinajstić information content (AvgIpc) is 3.12. The van der Waals surface area contributed by atoms with Gasteiger partial charge in [-0.3, -0.25) is 9.10 Å². The number of hydrogen-bond donors (Lipinski definition) is 1. The maximum Gasteiger partial charge on any atom is 0.338 e. The van der Waals surface area contributed by atoms with Crippen molar-refractivity contribution in [3.63, 3.8) is 0 Å². The molecular formula is C20H25N3O5S. The van der Waals surface area contributed by atoms with Crippen LogP contribution in [0.2, 0.25) is 0 Å². The molecule has 156 valence electrons. The predicted molar refractivity (Wildman–Crippen MR) is 107 cm³/mol. The quantitative estimate of drug-likeness (QED) is 0.729. The van der Waals surface area contributed by atoms with Crippen molar-refractivity contribution in [1.29, 1.82) is 5.26 Å². The van der Waals surface area contributed by atoms with Gasteiger partial charge in [-0.25, -0.2) is 13.2 Å². The molecule has 1 fully saturated rings. The molecule has 1 atom stereocenters. The Labute approximate surface area is 170 Å². The Bertz CT molecular complexity index is 961. The molecule has 1 N–H and O–H groups in total. The van der Waals surface area contributed by atoms with E-state index < -0.39 is 33.5 Å². The summed E-state index contributed by atoms with van der Waals surface area (Å²) >= 11 is 0. The van der Waals surface area contributed by atoms with Crippen LogP contribution in [0.4, 0.5) is 5.69 Å². The second kappa shape index (κ2) is 8.03. The van der Waals surface area contributed by atoms with Crippen LogP contribution in [0.3, 0.4) is 0 Å². The average molecular weight is 420 g/mol. The minimum Gasteiger partial charge on any atom is -0.449 e. The Morgan fingerprint density at radius 2 is 1.97 bits per heavy atom. The van der Waals surface area contributed by atoms with Gasteiger partial charge >= 0.3 is 5.97 Å². The lowest BCUT2D eigenvalue weighted by molar-refractivity contribution is -0.130. The van der Waals surface area contributed by atoms with Crippen molar-refractivity contribution < 1.29 is 22.7 Å². The van der Waals surface area contributed by atoms with E-state index in [1.165, 1.54) is 17.3 Å². The van der Waals surface area contributed by atoms with Gasteiger partial charge in [-0.05, 0) is 49.9 Å². The Kier molecular flexibility index (Phi) is 5.85. The number of esters is 1. The topological polar surface area (TPSA) is 117 Å². The summed E-state index contributed by atoms with van der Waals surface area (Å²) in [6.07, 6.45) is 4.59. The molecule has 0 saturated heterocycles. The molecule has 0 bridgehead atoms. The van der Waals surface area contributed by atoms with E-state index in [0.29, 0.717) is 31.5 Å². The maximum absolute atomic E-state index is 12.5. The summed E-state index contributed by atoms with van der Waals surface area (Å²) in [5.74, 6) is -1.16. The molecule has 1 aliphatic heterocycles. The third-order valence-electron chi connectivity index (χ3n) is 5.51. The van der Waals surface area contributed by atoms with E-state index in [1.807, 2.05) is 0 Å². The molecule has 3 rings (SSSR count). The highest BCUT2D eigenvalue weighted by Crippen LogP contribution is 2.31. The number of anilines is 1. The van der Waals surface area contributed by atoms with Crippen LogP contribution in [0.1, 0.15) is 54.9 Å². The zero-order valence-electron chi connectivity index (χ0n) is 16.6. The van der Waals surface area contributed by atoms with E-state index >= 15 is 0 Å². The van der Waals surface area contributed by atoms with Crippen LogP contribution in [0.15, 0.2) is 18.2 Å². The molecule has 29 heavy (non-hydrogen) atoms. The van der Waals surface area contributed by atoms with Crippen molar-refractivity contribution in [2.75, 3.05) is 17.1 Å². The monoisotopic (exact) mass is 419 g/mol. The van der Waals surface area contributed by atoms with Gasteiger partial charge in [-0.2, -0.15) is 5.26 Å². The Hall–Kier alpha value is -2.60. The van der Waals surface area contributed by atoms with E-state index in [-0.39, 0.29) is 5.56 Å². The molecule has 0 radical (unpaired) electrons. The summed E-state index contributed by atoms with van der Waals surface area (Å²) in [5.41, 5.74) is 0.667. The zero-order valence-corrected chi connectivity index (χ0v) is 17.4. The fraction of sp³-hybridized carbons (Fsp3) is 0.550. The fourth-order valence-corrected chi connectivity index (χ4v) is 4.84. The zero-order chi connectivity index (χ0) is 21.2. The highest BCUT2D eigenvalue weighted by atomic mass is 32.2. The number of hydrogen-bond acceptors (Lipinski definition) is 6. The van der Waals surface area contributed by atoms with Crippen molar-refractivity contribution in [3.8, 4) is 6.07 Å². The lowest BCUT2D eigenvalue weighted by atomic mass is 9.83. The number of sulfonamides is 1. The standard InChI is InChI=1S/C20H25N3O5S/c1-14(18(24)22-20(13-21)9-4-3-5-10-20)28-19(25)16-6-7-17-15(12-16)8-11-23(17)29(2,26)27/h6-7,12,14H,3-5,8-11H2,1-2H3,(H,22,24)/t14-/m1/s1. The molecule has 1 saturated carbocycles. The van der Waals surface area contributed by atoms with Crippen LogP contribution in [0, 0.1) is 11.3 Å². The molecule has 1 aromatic carbocycles. The highest BCUT2D eigenvalue weighted by Gasteiger charge is 2.35. The van der Waals surface area contributed by atoms with E-state index in [4.69, 9.17) is 4.74 Å². The second-order valence-electron chi connectivity index (χ2n) is 7.72. The molecule has 1 aliphatic carbocycles. The molecule has 1 aromatic rings. The first-order valence-electron chi connectivity index (χ1n) is 9.70. The highest BCUT2D eigenvalue weighted by molar-refractivity contribution is 7.92. The molecule has 1 amide bonds. The Balaban J connectivity index is 1.66.